The largest absolute Gasteiger partial charge is 0.368 e. The number of hydrogen-bond donors (Lipinski definition) is 0. The van der Waals surface area contributed by atoms with Crippen molar-refractivity contribution in [2.45, 2.75) is 12.8 Å². The van der Waals surface area contributed by atoms with Gasteiger partial charge < -0.3 is 9.64 Å². The summed E-state index contributed by atoms with van der Waals surface area (Å²) >= 11 is 2.28. The maximum atomic E-state index is 12.7. The Bertz CT molecular complexity index is 531. The molecule has 2 heterocycles. The Morgan fingerprint density at radius 3 is 2.55 bits per heavy atom. The quantitative estimate of drug-likeness (QED) is 0.547. The third-order valence-corrected chi connectivity index (χ3v) is 4.54. The monoisotopic (exact) mass is 385 g/mol. The van der Waals surface area contributed by atoms with Gasteiger partial charge in [-0.2, -0.15) is 0 Å². The molecule has 0 aliphatic carbocycles. The van der Waals surface area contributed by atoms with Gasteiger partial charge in [0, 0.05) is 22.2 Å². The SMILES string of the molecule is O=C1C(=[N+]2CCOCC2)CCCN1c1ccc(I)cc1. The van der Waals surface area contributed by atoms with Crippen LogP contribution < -0.4 is 4.90 Å². The lowest BCUT2D eigenvalue weighted by Gasteiger charge is -2.27. The summed E-state index contributed by atoms with van der Waals surface area (Å²) in [5.41, 5.74) is 1.96. The molecule has 0 spiro atoms. The van der Waals surface area contributed by atoms with Crippen LogP contribution in [0.2, 0.25) is 0 Å². The van der Waals surface area contributed by atoms with Crippen LogP contribution in [-0.4, -0.2) is 49.0 Å². The second kappa shape index (κ2) is 6.22. The smallest absolute Gasteiger partial charge is 0.317 e. The zero-order valence-corrected chi connectivity index (χ0v) is 13.5. The van der Waals surface area contributed by atoms with E-state index in [1.54, 1.807) is 0 Å². The Balaban J connectivity index is 1.86. The van der Waals surface area contributed by atoms with Gasteiger partial charge in [0.05, 0.1) is 0 Å². The van der Waals surface area contributed by atoms with Crippen LogP contribution in [0.3, 0.4) is 0 Å². The molecule has 2 aliphatic heterocycles. The van der Waals surface area contributed by atoms with Crippen LogP contribution in [0.4, 0.5) is 5.69 Å². The molecule has 1 amide bonds. The number of benzene rings is 1. The summed E-state index contributed by atoms with van der Waals surface area (Å²) in [5.74, 6) is 0.166. The molecule has 0 radical (unpaired) electrons. The number of amides is 1. The van der Waals surface area contributed by atoms with Crippen molar-refractivity contribution in [1.29, 1.82) is 0 Å². The number of carbonyl (C=O) groups excluding carboxylic acids is 1. The average molecular weight is 385 g/mol. The molecule has 20 heavy (non-hydrogen) atoms. The van der Waals surface area contributed by atoms with E-state index in [-0.39, 0.29) is 5.91 Å². The van der Waals surface area contributed by atoms with Crippen LogP contribution in [0.15, 0.2) is 24.3 Å². The Labute approximate surface area is 132 Å². The van der Waals surface area contributed by atoms with Crippen molar-refractivity contribution in [1.82, 2.24) is 0 Å². The number of anilines is 1. The van der Waals surface area contributed by atoms with E-state index < -0.39 is 0 Å². The first-order valence-corrected chi connectivity index (χ1v) is 8.09. The van der Waals surface area contributed by atoms with E-state index in [1.807, 2.05) is 29.2 Å². The first kappa shape index (κ1) is 14.0. The minimum Gasteiger partial charge on any atom is -0.368 e. The second-order valence-electron chi connectivity index (χ2n) is 5.08. The molecule has 2 fully saturated rings. The lowest BCUT2D eigenvalue weighted by atomic mass is 10.1. The lowest BCUT2D eigenvalue weighted by Crippen LogP contribution is -2.47. The van der Waals surface area contributed by atoms with Crippen LogP contribution >= 0.6 is 22.6 Å². The number of nitrogens with zero attached hydrogens (tertiary/aromatic N) is 2. The normalized spacial score (nSPS) is 20.4. The number of piperidine rings is 1. The van der Waals surface area contributed by atoms with Crippen molar-refractivity contribution in [3.63, 3.8) is 0 Å². The van der Waals surface area contributed by atoms with Gasteiger partial charge >= 0.3 is 5.91 Å². The van der Waals surface area contributed by atoms with Crippen LogP contribution in [0.25, 0.3) is 0 Å². The molecule has 4 nitrogen and oxygen atoms in total. The molecule has 0 saturated carbocycles. The van der Waals surface area contributed by atoms with Gasteiger partial charge in [-0.05, 0) is 53.3 Å². The highest BCUT2D eigenvalue weighted by atomic mass is 127. The molecule has 106 valence electrons. The predicted octanol–water partition coefficient (Wildman–Crippen LogP) is 1.90. The number of hydrogen-bond acceptors (Lipinski definition) is 2. The number of rotatable bonds is 1. The summed E-state index contributed by atoms with van der Waals surface area (Å²) < 4.78 is 8.76. The molecule has 0 N–H and O–H groups in total. The van der Waals surface area contributed by atoms with Crippen LogP contribution in [0.1, 0.15) is 12.8 Å². The van der Waals surface area contributed by atoms with Gasteiger partial charge in [-0.25, -0.2) is 4.58 Å². The van der Waals surface area contributed by atoms with Gasteiger partial charge in [0.25, 0.3) is 0 Å². The first-order chi connectivity index (χ1) is 9.75. The van der Waals surface area contributed by atoms with Gasteiger partial charge in [-0.15, -0.1) is 0 Å². The minimum atomic E-state index is 0.166. The van der Waals surface area contributed by atoms with Gasteiger partial charge in [0.2, 0.25) is 5.71 Å². The topological polar surface area (TPSA) is 32.5 Å². The molecular formula is C15H18IN2O2+. The Morgan fingerprint density at radius 2 is 1.85 bits per heavy atom. The number of halogens is 1. The Morgan fingerprint density at radius 1 is 1.15 bits per heavy atom. The molecule has 1 aromatic carbocycles. The van der Waals surface area contributed by atoms with E-state index in [0.717, 1.165) is 57.1 Å². The summed E-state index contributed by atoms with van der Waals surface area (Å²) in [6.45, 7) is 3.93. The summed E-state index contributed by atoms with van der Waals surface area (Å²) in [6.07, 6.45) is 1.92. The van der Waals surface area contributed by atoms with Gasteiger partial charge in [-0.1, -0.05) is 0 Å². The Hall–Kier alpha value is -0.950. The highest BCUT2D eigenvalue weighted by Crippen LogP contribution is 2.21. The summed E-state index contributed by atoms with van der Waals surface area (Å²) in [4.78, 5) is 14.6. The average Bonchev–Trinajstić information content (AvgIpc) is 2.49. The highest BCUT2D eigenvalue weighted by Gasteiger charge is 2.33. The maximum absolute atomic E-state index is 12.7. The molecule has 3 rings (SSSR count). The van der Waals surface area contributed by atoms with E-state index in [0.29, 0.717) is 0 Å². The van der Waals surface area contributed by atoms with E-state index in [4.69, 9.17) is 4.74 Å². The maximum Gasteiger partial charge on any atom is 0.317 e. The number of carbonyl (C=O) groups is 1. The molecule has 2 saturated heterocycles. The lowest BCUT2D eigenvalue weighted by molar-refractivity contribution is -0.549. The van der Waals surface area contributed by atoms with E-state index in [1.165, 1.54) is 3.57 Å². The van der Waals surface area contributed by atoms with Crippen molar-refractivity contribution in [2.24, 2.45) is 0 Å². The fraction of sp³-hybridized carbons (Fsp3) is 0.467. The number of ether oxygens (including phenoxy) is 1. The van der Waals surface area contributed by atoms with Gasteiger partial charge in [0.15, 0.2) is 13.1 Å². The third-order valence-electron chi connectivity index (χ3n) is 3.82. The van der Waals surface area contributed by atoms with Crippen molar-refractivity contribution >= 4 is 39.9 Å². The molecule has 0 unspecified atom stereocenters. The van der Waals surface area contributed by atoms with Crippen LogP contribution in [-0.2, 0) is 9.53 Å². The van der Waals surface area contributed by atoms with E-state index in [9.17, 15) is 4.79 Å². The van der Waals surface area contributed by atoms with Crippen LogP contribution in [0, 0.1) is 3.57 Å². The van der Waals surface area contributed by atoms with E-state index in [2.05, 4.69) is 27.2 Å². The van der Waals surface area contributed by atoms with Crippen molar-refractivity contribution in [3.05, 3.63) is 27.8 Å². The summed E-state index contributed by atoms with van der Waals surface area (Å²) in [7, 11) is 0. The van der Waals surface area contributed by atoms with Crippen molar-refractivity contribution in [2.75, 3.05) is 37.7 Å². The first-order valence-electron chi connectivity index (χ1n) is 7.01. The molecule has 0 atom stereocenters. The Kier molecular flexibility index (Phi) is 4.35. The summed E-state index contributed by atoms with van der Waals surface area (Å²) in [6, 6.07) is 8.15. The van der Waals surface area contributed by atoms with Gasteiger partial charge in [-0.3, -0.25) is 4.79 Å². The molecule has 1 aromatic rings. The molecule has 0 aromatic heterocycles. The highest BCUT2D eigenvalue weighted by molar-refractivity contribution is 14.1. The predicted molar refractivity (Wildman–Crippen MR) is 86.6 cm³/mol. The van der Waals surface area contributed by atoms with E-state index >= 15 is 0 Å². The molecular weight excluding hydrogens is 367 g/mol. The second-order valence-corrected chi connectivity index (χ2v) is 6.33. The van der Waals surface area contributed by atoms with Gasteiger partial charge in [0.1, 0.15) is 13.2 Å². The van der Waals surface area contributed by atoms with Crippen molar-refractivity contribution in [3.8, 4) is 0 Å². The minimum absolute atomic E-state index is 0.166. The summed E-state index contributed by atoms with van der Waals surface area (Å²) in [5, 5.41) is 0. The zero-order chi connectivity index (χ0) is 13.9. The standard InChI is InChI=1S/C15H18IN2O2/c16-12-3-5-13(6-4-12)18-7-1-2-14(15(18)19)17-8-10-20-11-9-17/h3-6H,1-2,7-11H2/q+1. The molecule has 5 heteroatoms. The number of morpholine rings is 1. The van der Waals surface area contributed by atoms with Crippen LogP contribution in [0.5, 0.6) is 0 Å². The fourth-order valence-electron chi connectivity index (χ4n) is 2.76. The molecule has 0 bridgehead atoms. The zero-order valence-electron chi connectivity index (χ0n) is 11.3. The molecule has 2 aliphatic rings. The third kappa shape index (κ3) is 2.88. The van der Waals surface area contributed by atoms with Crippen molar-refractivity contribution < 1.29 is 14.1 Å². The fourth-order valence-corrected chi connectivity index (χ4v) is 3.12.